The van der Waals surface area contributed by atoms with Crippen LogP contribution in [-0.2, 0) is 6.42 Å². The molecule has 0 aromatic heterocycles. The van der Waals surface area contributed by atoms with Gasteiger partial charge in [0, 0.05) is 6.42 Å². The number of benzene rings is 1. The molecule has 0 radical (unpaired) electrons. The number of nitrogens with zero attached hydrogens (tertiary/aromatic N) is 3. The van der Waals surface area contributed by atoms with Crippen LogP contribution >= 0.6 is 12.2 Å². The molecule has 0 aliphatic carbocycles. The monoisotopic (exact) mass is 189 g/mol. The predicted octanol–water partition coefficient (Wildman–Crippen LogP) is 2.38. The maximum Gasteiger partial charge on any atom is 0.241 e. The van der Waals surface area contributed by atoms with Gasteiger partial charge in [0.2, 0.25) is 5.11 Å². The highest BCUT2D eigenvalue weighted by atomic mass is 32.1. The molecule has 1 heterocycles. The number of hydrogen-bond donors (Lipinski definition) is 0. The summed E-state index contributed by atoms with van der Waals surface area (Å²) in [5.41, 5.74) is 1.17. The van der Waals surface area contributed by atoms with Crippen molar-refractivity contribution in [2.75, 3.05) is 0 Å². The topological polar surface area (TPSA) is 37.1 Å². The van der Waals surface area contributed by atoms with E-state index in [1.54, 1.807) is 0 Å². The van der Waals surface area contributed by atoms with Gasteiger partial charge >= 0.3 is 0 Å². The van der Waals surface area contributed by atoms with Crippen LogP contribution in [0.1, 0.15) is 5.56 Å². The molecular weight excluding hydrogens is 182 g/mol. The lowest BCUT2D eigenvalue weighted by Crippen LogP contribution is -1.96. The van der Waals surface area contributed by atoms with E-state index in [2.05, 4.69) is 15.2 Å². The number of amidine groups is 1. The average Bonchev–Trinajstić information content (AvgIpc) is 2.53. The van der Waals surface area contributed by atoms with E-state index < -0.39 is 0 Å². The first-order chi connectivity index (χ1) is 6.34. The Morgan fingerprint density at radius 2 is 1.85 bits per heavy atom. The molecule has 0 spiro atoms. The molecule has 1 aliphatic rings. The number of rotatable bonds is 2. The molecule has 1 aromatic rings. The normalized spacial score (nSPS) is 14.8. The van der Waals surface area contributed by atoms with Crippen molar-refractivity contribution in [1.29, 1.82) is 0 Å². The summed E-state index contributed by atoms with van der Waals surface area (Å²) in [4.78, 5) is 4.00. The second-order valence-corrected chi connectivity index (χ2v) is 3.04. The van der Waals surface area contributed by atoms with Gasteiger partial charge in [0.05, 0.1) is 0 Å². The van der Waals surface area contributed by atoms with Crippen molar-refractivity contribution in [3.05, 3.63) is 35.9 Å². The molecule has 2 rings (SSSR count). The fourth-order valence-corrected chi connectivity index (χ4v) is 1.26. The average molecular weight is 189 g/mol. The summed E-state index contributed by atoms with van der Waals surface area (Å²) in [6.07, 6.45) is 0.699. The second-order valence-electron chi connectivity index (χ2n) is 2.67. The van der Waals surface area contributed by atoms with Crippen LogP contribution in [-0.4, -0.2) is 10.9 Å². The molecule has 1 aromatic carbocycles. The fourth-order valence-electron chi connectivity index (χ4n) is 1.11. The first kappa shape index (κ1) is 8.19. The molecule has 0 saturated heterocycles. The summed E-state index contributed by atoms with van der Waals surface area (Å²) in [6, 6.07) is 10.0. The summed E-state index contributed by atoms with van der Waals surface area (Å²) in [5, 5.41) is 7.84. The Balaban J connectivity index is 2.12. The Morgan fingerprint density at radius 1 is 1.08 bits per heavy atom. The minimum absolute atomic E-state index is 0.325. The van der Waals surface area contributed by atoms with Crippen LogP contribution in [0, 0.1) is 0 Å². The van der Waals surface area contributed by atoms with Crippen LogP contribution in [0.5, 0.6) is 0 Å². The Hall–Kier alpha value is -1.42. The van der Waals surface area contributed by atoms with Crippen molar-refractivity contribution < 1.29 is 0 Å². The van der Waals surface area contributed by atoms with Crippen LogP contribution in [0.4, 0.5) is 0 Å². The van der Waals surface area contributed by atoms with E-state index in [0.29, 0.717) is 17.4 Å². The second kappa shape index (κ2) is 3.53. The van der Waals surface area contributed by atoms with Crippen LogP contribution < -0.4 is 0 Å². The molecule has 4 heteroatoms. The third-order valence-electron chi connectivity index (χ3n) is 1.68. The largest absolute Gasteiger partial charge is 0.241 e. The van der Waals surface area contributed by atoms with Crippen molar-refractivity contribution in [3.63, 3.8) is 0 Å². The van der Waals surface area contributed by atoms with Crippen LogP contribution in [0.15, 0.2) is 45.6 Å². The van der Waals surface area contributed by atoms with Crippen LogP contribution in [0.25, 0.3) is 0 Å². The van der Waals surface area contributed by atoms with Gasteiger partial charge in [-0.1, -0.05) is 30.3 Å². The molecule has 1 aliphatic heterocycles. The SMILES string of the molecule is S=C1N=NC(Cc2ccccc2)=N1. The minimum atomic E-state index is 0.325. The first-order valence-corrected chi connectivity index (χ1v) is 4.32. The molecular formula is C9H7N3S. The molecule has 64 valence electrons. The molecule has 13 heavy (non-hydrogen) atoms. The van der Waals surface area contributed by atoms with Gasteiger partial charge in [-0.25, -0.2) is 0 Å². The van der Waals surface area contributed by atoms with Crippen molar-refractivity contribution in [2.24, 2.45) is 15.2 Å². The molecule has 3 nitrogen and oxygen atoms in total. The predicted molar refractivity (Wildman–Crippen MR) is 55.0 cm³/mol. The highest BCUT2D eigenvalue weighted by Gasteiger charge is 2.06. The van der Waals surface area contributed by atoms with Gasteiger partial charge in [-0.2, -0.15) is 4.99 Å². The highest BCUT2D eigenvalue weighted by Crippen LogP contribution is 2.06. The quantitative estimate of drug-likeness (QED) is 0.658. The van der Waals surface area contributed by atoms with Crippen molar-refractivity contribution >= 4 is 23.2 Å². The summed E-state index contributed by atoms with van der Waals surface area (Å²) >= 11 is 4.76. The van der Waals surface area contributed by atoms with Gasteiger partial charge in [0.25, 0.3) is 0 Å². The molecule has 0 fully saturated rings. The molecule has 0 N–H and O–H groups in total. The Bertz CT molecular complexity index is 381. The standard InChI is InChI=1S/C9H7N3S/c13-9-10-8(11-12-9)6-7-4-2-1-3-5-7/h1-5H,6H2. The molecule has 0 unspecified atom stereocenters. The maximum atomic E-state index is 4.76. The Morgan fingerprint density at radius 3 is 2.46 bits per heavy atom. The van der Waals surface area contributed by atoms with E-state index in [4.69, 9.17) is 12.2 Å². The van der Waals surface area contributed by atoms with E-state index in [0.717, 1.165) is 0 Å². The summed E-state index contributed by atoms with van der Waals surface area (Å²) in [6.45, 7) is 0. The van der Waals surface area contributed by atoms with Crippen molar-refractivity contribution in [3.8, 4) is 0 Å². The zero-order valence-electron chi connectivity index (χ0n) is 6.84. The minimum Gasteiger partial charge on any atom is -0.200 e. The van der Waals surface area contributed by atoms with Gasteiger partial charge in [-0.15, -0.1) is 10.2 Å². The number of thiocarbonyl (C=S) groups is 1. The molecule has 0 bridgehead atoms. The lowest BCUT2D eigenvalue weighted by atomic mass is 10.1. The molecule has 0 atom stereocenters. The fraction of sp³-hybridized carbons (Fsp3) is 0.111. The third kappa shape index (κ3) is 2.03. The van der Waals surface area contributed by atoms with Gasteiger partial charge in [-0.05, 0) is 17.8 Å². The van der Waals surface area contributed by atoms with E-state index in [-0.39, 0.29) is 0 Å². The highest BCUT2D eigenvalue weighted by molar-refractivity contribution is 7.80. The summed E-state index contributed by atoms with van der Waals surface area (Å²) in [7, 11) is 0. The van der Waals surface area contributed by atoms with E-state index >= 15 is 0 Å². The molecule has 0 amide bonds. The first-order valence-electron chi connectivity index (χ1n) is 3.92. The number of azo groups is 1. The lowest BCUT2D eigenvalue weighted by molar-refractivity contribution is 1.27. The van der Waals surface area contributed by atoms with E-state index in [1.807, 2.05) is 30.3 Å². The number of hydrogen-bond acceptors (Lipinski definition) is 2. The zero-order valence-corrected chi connectivity index (χ0v) is 7.66. The third-order valence-corrected chi connectivity index (χ3v) is 1.85. The number of aliphatic imine (C=N–C) groups is 1. The van der Waals surface area contributed by atoms with E-state index in [1.165, 1.54) is 5.56 Å². The van der Waals surface area contributed by atoms with Crippen molar-refractivity contribution in [1.82, 2.24) is 0 Å². The zero-order chi connectivity index (χ0) is 9.10. The van der Waals surface area contributed by atoms with Crippen molar-refractivity contribution in [2.45, 2.75) is 6.42 Å². The molecule has 0 saturated carbocycles. The Labute approximate surface area is 81.2 Å². The van der Waals surface area contributed by atoms with Gasteiger partial charge < -0.3 is 0 Å². The summed E-state index contributed by atoms with van der Waals surface area (Å²) in [5.74, 6) is 0.691. The van der Waals surface area contributed by atoms with E-state index in [9.17, 15) is 0 Å². The smallest absolute Gasteiger partial charge is 0.200 e. The Kier molecular flexibility index (Phi) is 2.23. The van der Waals surface area contributed by atoms with Crippen LogP contribution in [0.3, 0.4) is 0 Å². The van der Waals surface area contributed by atoms with Crippen LogP contribution in [0.2, 0.25) is 0 Å². The van der Waals surface area contributed by atoms with Gasteiger partial charge in [0.15, 0.2) is 5.84 Å². The van der Waals surface area contributed by atoms with Gasteiger partial charge in [0.1, 0.15) is 0 Å². The van der Waals surface area contributed by atoms with Gasteiger partial charge in [-0.3, -0.25) is 0 Å². The maximum absolute atomic E-state index is 4.76. The summed E-state index contributed by atoms with van der Waals surface area (Å²) < 4.78 is 0. The lowest BCUT2D eigenvalue weighted by Gasteiger charge is -1.95.